The molecule has 2 amide bonds. The number of furan rings is 1. The molecule has 3 rings (SSSR count). The van der Waals surface area contributed by atoms with E-state index in [4.69, 9.17) is 4.42 Å². The molecular formula is C18H20N2O3. The van der Waals surface area contributed by atoms with Crippen LogP contribution in [0.25, 0.3) is 0 Å². The van der Waals surface area contributed by atoms with Crippen molar-refractivity contribution in [2.75, 3.05) is 11.4 Å². The maximum Gasteiger partial charge on any atom is 0.249 e. The third kappa shape index (κ3) is 3.80. The molecule has 1 N–H and O–H groups in total. The lowest BCUT2D eigenvalue weighted by Crippen LogP contribution is -2.52. The van der Waals surface area contributed by atoms with Crippen LogP contribution in [-0.4, -0.2) is 24.4 Å². The van der Waals surface area contributed by atoms with E-state index in [9.17, 15) is 9.59 Å². The summed E-state index contributed by atoms with van der Waals surface area (Å²) in [5.74, 6) is 0.629. The minimum Gasteiger partial charge on any atom is -0.469 e. The lowest BCUT2D eigenvalue weighted by atomic mass is 10.0. The average Bonchev–Trinajstić information content (AvgIpc) is 3.09. The highest BCUT2D eigenvalue weighted by Crippen LogP contribution is 2.20. The first kappa shape index (κ1) is 15.3. The van der Waals surface area contributed by atoms with Crippen LogP contribution >= 0.6 is 0 Å². The molecule has 1 aliphatic heterocycles. The number of para-hydroxylation sites is 1. The number of nitrogens with one attached hydrogen (secondary N) is 1. The minimum absolute atomic E-state index is 0.0335. The van der Waals surface area contributed by atoms with E-state index in [-0.39, 0.29) is 11.8 Å². The number of nitrogens with zero attached hydrogens (tertiary/aromatic N) is 1. The second kappa shape index (κ2) is 7.13. The Morgan fingerprint density at radius 3 is 2.78 bits per heavy atom. The fourth-order valence-corrected chi connectivity index (χ4v) is 2.83. The summed E-state index contributed by atoms with van der Waals surface area (Å²) in [4.78, 5) is 26.4. The summed E-state index contributed by atoms with van der Waals surface area (Å²) < 4.78 is 5.21. The molecule has 0 bridgehead atoms. The van der Waals surface area contributed by atoms with Gasteiger partial charge in [0.2, 0.25) is 11.8 Å². The smallest absolute Gasteiger partial charge is 0.249 e. The summed E-state index contributed by atoms with van der Waals surface area (Å²) in [5, 5.41) is 2.86. The van der Waals surface area contributed by atoms with Crippen LogP contribution in [0.2, 0.25) is 0 Å². The summed E-state index contributed by atoms with van der Waals surface area (Å²) in [7, 11) is 0. The van der Waals surface area contributed by atoms with Crippen molar-refractivity contribution in [1.29, 1.82) is 0 Å². The second-order valence-electron chi connectivity index (χ2n) is 5.67. The van der Waals surface area contributed by atoms with E-state index in [0.717, 1.165) is 17.9 Å². The SMILES string of the molecule is O=C(CCc1ccco1)NC1CCCN(c2ccccc2)C1=O. The molecule has 1 fully saturated rings. The first-order valence-corrected chi connectivity index (χ1v) is 7.92. The van der Waals surface area contributed by atoms with Gasteiger partial charge in [-0.2, -0.15) is 0 Å². The average molecular weight is 312 g/mol. The number of hydrogen-bond acceptors (Lipinski definition) is 3. The Bertz CT molecular complexity index is 652. The topological polar surface area (TPSA) is 62.6 Å². The molecule has 2 heterocycles. The number of rotatable bonds is 5. The molecule has 1 unspecified atom stereocenters. The largest absolute Gasteiger partial charge is 0.469 e. The van der Waals surface area contributed by atoms with E-state index >= 15 is 0 Å². The number of hydrogen-bond donors (Lipinski definition) is 1. The van der Waals surface area contributed by atoms with Crippen molar-refractivity contribution >= 4 is 17.5 Å². The van der Waals surface area contributed by atoms with E-state index in [2.05, 4.69) is 5.32 Å². The molecule has 1 atom stereocenters. The molecule has 2 aromatic rings. The Morgan fingerprint density at radius 1 is 1.22 bits per heavy atom. The predicted octanol–water partition coefficient (Wildman–Crippen LogP) is 2.52. The van der Waals surface area contributed by atoms with E-state index < -0.39 is 6.04 Å². The molecule has 1 aromatic carbocycles. The minimum atomic E-state index is -0.437. The molecule has 0 saturated carbocycles. The first-order chi connectivity index (χ1) is 11.2. The van der Waals surface area contributed by atoms with E-state index in [0.29, 0.717) is 25.8 Å². The monoisotopic (exact) mass is 312 g/mol. The third-order valence-corrected chi connectivity index (χ3v) is 4.02. The van der Waals surface area contributed by atoms with Gasteiger partial charge in [-0.05, 0) is 37.1 Å². The van der Waals surface area contributed by atoms with Crippen LogP contribution in [0.15, 0.2) is 53.1 Å². The molecule has 0 spiro atoms. The number of anilines is 1. The van der Waals surface area contributed by atoms with E-state index in [1.54, 1.807) is 17.2 Å². The standard InChI is InChI=1S/C18H20N2O3/c21-17(11-10-15-8-5-13-23-15)19-16-9-4-12-20(18(16)22)14-6-2-1-3-7-14/h1-3,5-8,13,16H,4,9-12H2,(H,19,21). The van der Waals surface area contributed by atoms with Crippen LogP contribution in [0.5, 0.6) is 0 Å². The zero-order valence-corrected chi connectivity index (χ0v) is 12.9. The fraction of sp³-hybridized carbons (Fsp3) is 0.333. The van der Waals surface area contributed by atoms with Gasteiger partial charge in [0.1, 0.15) is 11.8 Å². The fourth-order valence-electron chi connectivity index (χ4n) is 2.83. The van der Waals surface area contributed by atoms with Gasteiger partial charge in [0, 0.05) is 25.1 Å². The van der Waals surface area contributed by atoms with Crippen molar-refractivity contribution in [3.8, 4) is 0 Å². The van der Waals surface area contributed by atoms with Crippen molar-refractivity contribution in [3.63, 3.8) is 0 Å². The van der Waals surface area contributed by atoms with Gasteiger partial charge >= 0.3 is 0 Å². The van der Waals surface area contributed by atoms with Gasteiger partial charge in [0.25, 0.3) is 0 Å². The van der Waals surface area contributed by atoms with Crippen LogP contribution in [0.3, 0.4) is 0 Å². The number of amides is 2. The highest BCUT2D eigenvalue weighted by Gasteiger charge is 2.30. The van der Waals surface area contributed by atoms with Gasteiger partial charge in [-0.25, -0.2) is 0 Å². The zero-order valence-electron chi connectivity index (χ0n) is 12.9. The van der Waals surface area contributed by atoms with Crippen LogP contribution in [0.4, 0.5) is 5.69 Å². The summed E-state index contributed by atoms with van der Waals surface area (Å²) in [6.45, 7) is 0.696. The predicted molar refractivity (Wildman–Crippen MR) is 87.0 cm³/mol. The molecule has 5 nitrogen and oxygen atoms in total. The van der Waals surface area contributed by atoms with Gasteiger partial charge in [-0.3, -0.25) is 9.59 Å². The highest BCUT2D eigenvalue weighted by atomic mass is 16.3. The first-order valence-electron chi connectivity index (χ1n) is 7.92. The molecule has 0 aliphatic carbocycles. The number of carbonyl (C=O) groups is 2. The van der Waals surface area contributed by atoms with Crippen molar-refractivity contribution in [2.24, 2.45) is 0 Å². The molecule has 5 heteroatoms. The molecule has 1 aliphatic rings. The summed E-state index contributed by atoms with van der Waals surface area (Å²) in [6, 6.07) is 12.8. The molecule has 1 saturated heterocycles. The van der Waals surface area contributed by atoms with Gasteiger partial charge in [-0.15, -0.1) is 0 Å². The number of piperidine rings is 1. The molecule has 0 radical (unpaired) electrons. The summed E-state index contributed by atoms with van der Waals surface area (Å²) in [5.41, 5.74) is 0.882. The zero-order chi connectivity index (χ0) is 16.1. The van der Waals surface area contributed by atoms with Gasteiger partial charge in [-0.1, -0.05) is 18.2 Å². The molecular weight excluding hydrogens is 292 g/mol. The van der Waals surface area contributed by atoms with E-state index in [1.165, 1.54) is 0 Å². The Labute approximate surface area is 135 Å². The second-order valence-corrected chi connectivity index (χ2v) is 5.67. The number of aryl methyl sites for hydroxylation is 1. The molecule has 23 heavy (non-hydrogen) atoms. The van der Waals surface area contributed by atoms with Crippen molar-refractivity contribution in [2.45, 2.75) is 31.7 Å². The van der Waals surface area contributed by atoms with E-state index in [1.807, 2.05) is 36.4 Å². The highest BCUT2D eigenvalue weighted by molar-refractivity contribution is 5.99. The Balaban J connectivity index is 1.57. The maximum absolute atomic E-state index is 12.6. The number of benzene rings is 1. The molecule has 120 valence electrons. The number of carbonyl (C=O) groups excluding carboxylic acids is 2. The lowest BCUT2D eigenvalue weighted by Gasteiger charge is -2.32. The molecule has 1 aromatic heterocycles. The quantitative estimate of drug-likeness (QED) is 0.923. The van der Waals surface area contributed by atoms with Gasteiger partial charge in [0.05, 0.1) is 6.26 Å². The van der Waals surface area contributed by atoms with Crippen molar-refractivity contribution in [1.82, 2.24) is 5.32 Å². The Morgan fingerprint density at radius 2 is 2.04 bits per heavy atom. The third-order valence-electron chi connectivity index (χ3n) is 4.02. The van der Waals surface area contributed by atoms with Crippen LogP contribution in [0, 0.1) is 0 Å². The van der Waals surface area contributed by atoms with Crippen molar-refractivity contribution < 1.29 is 14.0 Å². The summed E-state index contributed by atoms with van der Waals surface area (Å²) in [6.07, 6.45) is 4.03. The Hall–Kier alpha value is -2.56. The lowest BCUT2D eigenvalue weighted by molar-refractivity contribution is -0.128. The normalized spacial score (nSPS) is 18.0. The van der Waals surface area contributed by atoms with Crippen LogP contribution in [-0.2, 0) is 16.0 Å². The van der Waals surface area contributed by atoms with Gasteiger partial charge < -0.3 is 14.6 Å². The van der Waals surface area contributed by atoms with Crippen LogP contribution in [0.1, 0.15) is 25.0 Å². The Kier molecular flexibility index (Phi) is 4.76. The van der Waals surface area contributed by atoms with Crippen molar-refractivity contribution in [3.05, 3.63) is 54.5 Å². The summed E-state index contributed by atoms with van der Waals surface area (Å²) >= 11 is 0. The maximum atomic E-state index is 12.6. The van der Waals surface area contributed by atoms with Crippen LogP contribution < -0.4 is 10.2 Å². The van der Waals surface area contributed by atoms with Gasteiger partial charge in [0.15, 0.2) is 0 Å².